The first kappa shape index (κ1) is 14.8. The molecule has 1 saturated carbocycles. The van der Waals surface area contributed by atoms with Gasteiger partial charge in [0, 0.05) is 0 Å². The largest absolute Gasteiger partial charge is 0.0805 e. The first-order valence-electron chi connectivity index (χ1n) is 9.17. The molecule has 4 rings (SSSR count). The van der Waals surface area contributed by atoms with Crippen molar-refractivity contribution >= 4 is 0 Å². The molecule has 0 saturated heterocycles. The summed E-state index contributed by atoms with van der Waals surface area (Å²) >= 11 is 0. The Hall–Kier alpha value is -1.82. The van der Waals surface area contributed by atoms with E-state index in [1.54, 1.807) is 5.57 Å². The van der Waals surface area contributed by atoms with Gasteiger partial charge in [0.1, 0.15) is 0 Å². The highest BCUT2D eigenvalue weighted by molar-refractivity contribution is 5.54. The van der Waals surface area contributed by atoms with Crippen LogP contribution in [-0.4, -0.2) is 0 Å². The van der Waals surface area contributed by atoms with Crippen LogP contribution in [0.5, 0.6) is 0 Å². The maximum absolute atomic E-state index is 2.46. The van der Waals surface area contributed by atoms with E-state index in [4.69, 9.17) is 0 Å². The van der Waals surface area contributed by atoms with Crippen molar-refractivity contribution in [3.8, 4) is 0 Å². The smallest absolute Gasteiger partial charge is 0.00460 e. The monoisotopic (exact) mass is 302 g/mol. The van der Waals surface area contributed by atoms with Crippen LogP contribution in [0.4, 0.5) is 0 Å². The molecule has 118 valence electrons. The predicted octanol–water partition coefficient (Wildman–Crippen LogP) is 6.38. The van der Waals surface area contributed by atoms with Gasteiger partial charge in [-0.15, -0.1) is 0 Å². The number of hydrogen-bond acceptors (Lipinski definition) is 0. The Labute approximate surface area is 140 Å². The van der Waals surface area contributed by atoms with Crippen LogP contribution in [0, 0.1) is 11.3 Å². The molecule has 0 heterocycles. The van der Waals surface area contributed by atoms with Crippen LogP contribution in [0.3, 0.4) is 0 Å². The van der Waals surface area contributed by atoms with Crippen molar-refractivity contribution in [2.24, 2.45) is 11.3 Å². The summed E-state index contributed by atoms with van der Waals surface area (Å²) in [6.45, 7) is 0. The second kappa shape index (κ2) is 6.35. The molecule has 0 bridgehead atoms. The van der Waals surface area contributed by atoms with E-state index in [0.29, 0.717) is 5.41 Å². The number of allylic oxidation sites excluding steroid dienone is 14. The van der Waals surface area contributed by atoms with Gasteiger partial charge < -0.3 is 0 Å². The van der Waals surface area contributed by atoms with E-state index in [9.17, 15) is 0 Å². The first-order chi connectivity index (χ1) is 11.4. The van der Waals surface area contributed by atoms with Crippen molar-refractivity contribution < 1.29 is 0 Å². The van der Waals surface area contributed by atoms with Crippen LogP contribution in [0.1, 0.15) is 44.9 Å². The molecular weight excluding hydrogens is 276 g/mol. The SMILES string of the molecule is C1=CC2CC2(CCCCC2=CCC=CC3=C2C=CCC=C3)C=C1. The van der Waals surface area contributed by atoms with Crippen molar-refractivity contribution in [1.29, 1.82) is 0 Å². The Morgan fingerprint density at radius 3 is 2.74 bits per heavy atom. The minimum atomic E-state index is 0.545. The zero-order chi connectivity index (χ0) is 15.5. The molecule has 0 aliphatic heterocycles. The highest BCUT2D eigenvalue weighted by Gasteiger charge is 2.50. The molecule has 4 aliphatic rings. The molecule has 0 heteroatoms. The molecule has 23 heavy (non-hydrogen) atoms. The van der Waals surface area contributed by atoms with Crippen LogP contribution in [-0.2, 0) is 0 Å². The summed E-state index contributed by atoms with van der Waals surface area (Å²) in [6, 6.07) is 0. The van der Waals surface area contributed by atoms with E-state index in [2.05, 4.69) is 66.8 Å². The molecule has 0 amide bonds. The Morgan fingerprint density at radius 1 is 0.957 bits per heavy atom. The Kier molecular flexibility index (Phi) is 4.08. The molecule has 0 radical (unpaired) electrons. The quantitative estimate of drug-likeness (QED) is 0.517. The molecule has 2 atom stereocenters. The summed E-state index contributed by atoms with van der Waals surface area (Å²) in [4.78, 5) is 0. The fraction of sp³-hybridized carbons (Fsp3) is 0.391. The molecule has 2 unspecified atom stereocenters. The molecule has 0 nitrogen and oxygen atoms in total. The first-order valence-corrected chi connectivity index (χ1v) is 9.17. The summed E-state index contributed by atoms with van der Waals surface area (Å²) in [5.74, 6) is 0.845. The van der Waals surface area contributed by atoms with Gasteiger partial charge in [-0.05, 0) is 66.6 Å². The second-order valence-corrected chi connectivity index (χ2v) is 7.27. The van der Waals surface area contributed by atoms with Gasteiger partial charge in [0.15, 0.2) is 0 Å². The number of rotatable bonds is 5. The normalized spacial score (nSPS) is 30.6. The molecule has 0 aromatic heterocycles. The number of fused-ring (bicyclic) bond motifs is 1. The van der Waals surface area contributed by atoms with Crippen LogP contribution in [0.15, 0.2) is 83.6 Å². The van der Waals surface area contributed by atoms with E-state index >= 15 is 0 Å². The zero-order valence-corrected chi connectivity index (χ0v) is 13.9. The van der Waals surface area contributed by atoms with E-state index in [0.717, 1.165) is 18.8 Å². The lowest BCUT2D eigenvalue weighted by Gasteiger charge is -2.15. The molecule has 4 aliphatic carbocycles. The summed E-state index contributed by atoms with van der Waals surface area (Å²) in [5.41, 5.74) is 4.94. The van der Waals surface area contributed by atoms with Crippen LogP contribution in [0.2, 0.25) is 0 Å². The topological polar surface area (TPSA) is 0 Å². The second-order valence-electron chi connectivity index (χ2n) is 7.27. The fourth-order valence-electron chi connectivity index (χ4n) is 4.22. The van der Waals surface area contributed by atoms with Crippen LogP contribution in [0.25, 0.3) is 0 Å². The molecule has 0 aromatic carbocycles. The lowest BCUT2D eigenvalue weighted by Crippen LogP contribution is -2.01. The zero-order valence-electron chi connectivity index (χ0n) is 13.9. The highest BCUT2D eigenvalue weighted by Crippen LogP contribution is 2.59. The van der Waals surface area contributed by atoms with E-state index in [1.807, 2.05) is 0 Å². The van der Waals surface area contributed by atoms with E-state index in [1.165, 1.54) is 43.3 Å². The average Bonchev–Trinajstić information content (AvgIpc) is 3.34. The Bertz CT molecular complexity index is 671. The van der Waals surface area contributed by atoms with Crippen molar-refractivity contribution in [2.75, 3.05) is 0 Å². The van der Waals surface area contributed by atoms with Gasteiger partial charge in [-0.1, -0.05) is 73.3 Å². The molecule has 1 fully saturated rings. The molecule has 0 spiro atoms. The third-order valence-corrected chi connectivity index (χ3v) is 5.71. The number of hydrogen-bond donors (Lipinski definition) is 0. The van der Waals surface area contributed by atoms with Crippen LogP contribution >= 0.6 is 0 Å². The molecular formula is C23H26. The highest BCUT2D eigenvalue weighted by atomic mass is 14.5. The maximum atomic E-state index is 2.46. The van der Waals surface area contributed by atoms with E-state index < -0.39 is 0 Å². The van der Waals surface area contributed by atoms with Crippen LogP contribution < -0.4 is 0 Å². The Balaban J connectivity index is 1.35. The van der Waals surface area contributed by atoms with Gasteiger partial charge in [0.25, 0.3) is 0 Å². The molecule has 0 aromatic rings. The van der Waals surface area contributed by atoms with Gasteiger partial charge in [-0.3, -0.25) is 0 Å². The fourth-order valence-corrected chi connectivity index (χ4v) is 4.22. The van der Waals surface area contributed by atoms with Gasteiger partial charge >= 0.3 is 0 Å². The third-order valence-electron chi connectivity index (χ3n) is 5.71. The van der Waals surface area contributed by atoms with Gasteiger partial charge in [0.2, 0.25) is 0 Å². The van der Waals surface area contributed by atoms with Crippen molar-refractivity contribution in [3.63, 3.8) is 0 Å². The number of unbranched alkanes of at least 4 members (excludes halogenated alkanes) is 1. The summed E-state index contributed by atoms with van der Waals surface area (Å²) in [5, 5.41) is 0. The standard InChI is InChI=1S/C23H26/c1-2-10-19-11-4-5-12-20(22(19)15-3-1)13-6-8-16-23-17-9-7-14-21(23)18-23/h2-4,7,9-12,14-15,17,21H,1,5-6,8,13,16,18H2. The third kappa shape index (κ3) is 3.13. The van der Waals surface area contributed by atoms with Gasteiger partial charge in [-0.2, -0.15) is 0 Å². The Morgan fingerprint density at radius 2 is 1.83 bits per heavy atom. The maximum Gasteiger partial charge on any atom is -0.00460 e. The van der Waals surface area contributed by atoms with Gasteiger partial charge in [-0.25, -0.2) is 0 Å². The summed E-state index contributed by atoms with van der Waals surface area (Å²) in [6.07, 6.45) is 34.3. The molecule has 0 N–H and O–H groups in total. The summed E-state index contributed by atoms with van der Waals surface area (Å²) in [7, 11) is 0. The van der Waals surface area contributed by atoms with Crippen molar-refractivity contribution in [2.45, 2.75) is 44.9 Å². The predicted molar refractivity (Wildman–Crippen MR) is 99.1 cm³/mol. The lowest BCUT2D eigenvalue weighted by molar-refractivity contribution is 0.508. The van der Waals surface area contributed by atoms with E-state index in [-0.39, 0.29) is 0 Å². The van der Waals surface area contributed by atoms with Crippen molar-refractivity contribution in [1.82, 2.24) is 0 Å². The minimum absolute atomic E-state index is 0.545. The van der Waals surface area contributed by atoms with Crippen molar-refractivity contribution in [3.05, 3.63) is 83.6 Å². The van der Waals surface area contributed by atoms with Gasteiger partial charge in [0.05, 0.1) is 0 Å². The lowest BCUT2D eigenvalue weighted by atomic mass is 9.90. The minimum Gasteiger partial charge on any atom is -0.0805 e. The average molecular weight is 302 g/mol. The summed E-state index contributed by atoms with van der Waals surface area (Å²) < 4.78 is 0.